The Bertz CT molecular complexity index is 620. The van der Waals surface area contributed by atoms with Crippen LogP contribution >= 0.6 is 34.8 Å². The molecule has 1 aromatic heterocycles. The molecule has 21 heavy (non-hydrogen) atoms. The molecule has 0 amide bonds. The number of halogens is 3. The molecule has 4 nitrogen and oxygen atoms in total. The third kappa shape index (κ3) is 4.27. The summed E-state index contributed by atoms with van der Waals surface area (Å²) < 4.78 is 7.22. The molecule has 1 N–H and O–H groups in total. The summed E-state index contributed by atoms with van der Waals surface area (Å²) in [4.78, 5) is 0. The lowest BCUT2D eigenvalue weighted by molar-refractivity contribution is 0.0888. The number of hydrogen-bond acceptors (Lipinski definition) is 3. The second-order valence-corrected chi connectivity index (χ2v) is 6.02. The molecular weight excluding hydrogens is 335 g/mol. The first-order valence-electron chi connectivity index (χ1n) is 6.33. The van der Waals surface area contributed by atoms with Crippen molar-refractivity contribution < 1.29 is 9.84 Å². The van der Waals surface area contributed by atoms with Crippen LogP contribution in [0.15, 0.2) is 18.2 Å². The van der Waals surface area contributed by atoms with Crippen molar-refractivity contribution in [1.82, 2.24) is 9.78 Å². The summed E-state index contributed by atoms with van der Waals surface area (Å²) in [5, 5.41) is 15.4. The van der Waals surface area contributed by atoms with Crippen molar-refractivity contribution >= 4 is 34.8 Å². The Labute approximate surface area is 138 Å². The molecule has 114 valence electrons. The van der Waals surface area contributed by atoms with E-state index >= 15 is 0 Å². The number of ether oxygens (including phenoxy) is 1. The predicted molar refractivity (Wildman–Crippen MR) is 84.7 cm³/mol. The molecule has 0 bridgehead atoms. The fourth-order valence-corrected chi connectivity index (χ4v) is 2.88. The normalized spacial score (nSPS) is 12.5. The number of aromatic nitrogens is 2. The lowest BCUT2D eigenvalue weighted by Crippen LogP contribution is -2.25. The minimum atomic E-state index is -0.731. The number of aliphatic hydroxyl groups is 1. The zero-order valence-electron chi connectivity index (χ0n) is 11.6. The average Bonchev–Trinajstić information content (AvgIpc) is 2.66. The molecule has 2 rings (SSSR count). The van der Waals surface area contributed by atoms with Crippen LogP contribution < -0.4 is 4.74 Å². The summed E-state index contributed by atoms with van der Waals surface area (Å²) in [6, 6.07) is 5.02. The molecule has 0 fully saturated rings. The van der Waals surface area contributed by atoms with Crippen molar-refractivity contribution in [3.05, 3.63) is 44.7 Å². The number of rotatable bonds is 5. The Morgan fingerprint density at radius 1 is 1.19 bits per heavy atom. The fourth-order valence-electron chi connectivity index (χ4n) is 1.96. The Hall–Kier alpha value is -0.940. The molecule has 0 aliphatic heterocycles. The van der Waals surface area contributed by atoms with Crippen LogP contribution in [-0.4, -0.2) is 27.6 Å². The van der Waals surface area contributed by atoms with Gasteiger partial charge in [-0.2, -0.15) is 5.10 Å². The number of aliphatic hydroxyl groups excluding tert-OH is 1. The van der Waals surface area contributed by atoms with E-state index in [0.717, 1.165) is 11.4 Å². The molecule has 1 unspecified atom stereocenters. The third-order valence-electron chi connectivity index (χ3n) is 2.87. The first-order chi connectivity index (χ1) is 9.86. The Kier molecular flexibility index (Phi) is 5.38. The van der Waals surface area contributed by atoms with Crippen molar-refractivity contribution in [3.8, 4) is 5.75 Å². The molecule has 0 radical (unpaired) electrons. The predicted octanol–water partition coefficient (Wildman–Crippen LogP) is 3.90. The quantitative estimate of drug-likeness (QED) is 0.890. The average molecular weight is 350 g/mol. The van der Waals surface area contributed by atoms with Crippen LogP contribution in [0.25, 0.3) is 0 Å². The topological polar surface area (TPSA) is 47.3 Å². The molecule has 7 heteroatoms. The lowest BCUT2D eigenvalue weighted by Gasteiger charge is -2.15. The minimum Gasteiger partial charge on any atom is -0.488 e. The van der Waals surface area contributed by atoms with Crippen molar-refractivity contribution in [2.24, 2.45) is 0 Å². The van der Waals surface area contributed by atoms with Crippen LogP contribution in [0.4, 0.5) is 0 Å². The van der Waals surface area contributed by atoms with E-state index in [1.807, 2.05) is 19.9 Å². The van der Waals surface area contributed by atoms with Crippen LogP contribution in [0, 0.1) is 13.8 Å². The first-order valence-corrected chi connectivity index (χ1v) is 7.46. The summed E-state index contributed by atoms with van der Waals surface area (Å²) in [6.45, 7) is 4.22. The van der Waals surface area contributed by atoms with Gasteiger partial charge in [0.2, 0.25) is 0 Å². The molecule has 0 saturated heterocycles. The highest BCUT2D eigenvalue weighted by molar-refractivity contribution is 6.40. The summed E-state index contributed by atoms with van der Waals surface area (Å²) in [5.74, 6) is 0.315. The third-order valence-corrected chi connectivity index (χ3v) is 3.65. The van der Waals surface area contributed by atoms with E-state index in [2.05, 4.69) is 5.10 Å². The highest BCUT2D eigenvalue weighted by Crippen LogP contribution is 2.35. The van der Waals surface area contributed by atoms with Crippen LogP contribution in [-0.2, 0) is 6.54 Å². The highest BCUT2D eigenvalue weighted by atomic mass is 35.5. The standard InChI is InChI=1S/C14H15Cl3N2O2/c1-8-3-9(2)19(18-8)6-11(20)7-21-14-12(16)4-10(15)5-13(14)17/h3-5,11,20H,6-7H2,1-2H3. The molecule has 0 aliphatic carbocycles. The van der Waals surface area contributed by atoms with E-state index in [1.165, 1.54) is 12.1 Å². The largest absolute Gasteiger partial charge is 0.488 e. The molecular formula is C14H15Cl3N2O2. The van der Waals surface area contributed by atoms with Crippen molar-refractivity contribution in [1.29, 1.82) is 0 Å². The van der Waals surface area contributed by atoms with Gasteiger partial charge in [-0.05, 0) is 32.0 Å². The zero-order chi connectivity index (χ0) is 15.6. The number of nitrogens with zero attached hydrogens (tertiary/aromatic N) is 2. The maximum atomic E-state index is 10.0. The number of benzene rings is 1. The van der Waals surface area contributed by atoms with Crippen molar-refractivity contribution in [3.63, 3.8) is 0 Å². The number of aryl methyl sites for hydroxylation is 2. The molecule has 2 aromatic rings. The second-order valence-electron chi connectivity index (χ2n) is 4.77. The van der Waals surface area contributed by atoms with Gasteiger partial charge >= 0.3 is 0 Å². The van der Waals surface area contributed by atoms with Crippen LogP contribution in [0.3, 0.4) is 0 Å². The first kappa shape index (κ1) is 16.4. The van der Waals surface area contributed by atoms with Gasteiger partial charge in [-0.3, -0.25) is 4.68 Å². The highest BCUT2D eigenvalue weighted by Gasteiger charge is 2.13. The smallest absolute Gasteiger partial charge is 0.156 e. The van der Waals surface area contributed by atoms with Gasteiger partial charge in [-0.1, -0.05) is 34.8 Å². The van der Waals surface area contributed by atoms with Gasteiger partial charge in [0, 0.05) is 10.7 Å². The van der Waals surface area contributed by atoms with Crippen LogP contribution in [0.5, 0.6) is 5.75 Å². The molecule has 0 aliphatic rings. The van der Waals surface area contributed by atoms with E-state index in [4.69, 9.17) is 39.5 Å². The lowest BCUT2D eigenvalue weighted by atomic mass is 10.3. The molecule has 0 spiro atoms. The van der Waals surface area contributed by atoms with Gasteiger partial charge < -0.3 is 9.84 Å². The Morgan fingerprint density at radius 3 is 2.33 bits per heavy atom. The van der Waals surface area contributed by atoms with Gasteiger partial charge in [0.15, 0.2) is 5.75 Å². The fraction of sp³-hybridized carbons (Fsp3) is 0.357. The van der Waals surface area contributed by atoms with Crippen molar-refractivity contribution in [2.75, 3.05) is 6.61 Å². The van der Waals surface area contributed by atoms with Gasteiger partial charge in [-0.25, -0.2) is 0 Å². The maximum Gasteiger partial charge on any atom is 0.156 e. The van der Waals surface area contributed by atoms with E-state index in [0.29, 0.717) is 27.4 Å². The Morgan fingerprint density at radius 2 is 1.81 bits per heavy atom. The summed E-state index contributed by atoms with van der Waals surface area (Å²) in [6.07, 6.45) is -0.731. The summed E-state index contributed by atoms with van der Waals surface area (Å²) >= 11 is 17.9. The van der Waals surface area contributed by atoms with E-state index in [-0.39, 0.29) is 6.61 Å². The van der Waals surface area contributed by atoms with Crippen LogP contribution in [0.1, 0.15) is 11.4 Å². The maximum absolute atomic E-state index is 10.0. The molecule has 1 aromatic carbocycles. The monoisotopic (exact) mass is 348 g/mol. The van der Waals surface area contributed by atoms with E-state index in [9.17, 15) is 5.11 Å². The van der Waals surface area contributed by atoms with Gasteiger partial charge in [0.1, 0.15) is 12.7 Å². The van der Waals surface area contributed by atoms with Gasteiger partial charge in [-0.15, -0.1) is 0 Å². The molecule has 1 heterocycles. The second kappa shape index (κ2) is 6.88. The van der Waals surface area contributed by atoms with Gasteiger partial charge in [0.05, 0.1) is 22.3 Å². The van der Waals surface area contributed by atoms with Gasteiger partial charge in [0.25, 0.3) is 0 Å². The minimum absolute atomic E-state index is 0.0550. The van der Waals surface area contributed by atoms with E-state index < -0.39 is 6.10 Å². The zero-order valence-corrected chi connectivity index (χ0v) is 13.9. The summed E-state index contributed by atoms with van der Waals surface area (Å²) in [5.41, 5.74) is 1.89. The SMILES string of the molecule is Cc1cc(C)n(CC(O)COc2c(Cl)cc(Cl)cc2Cl)n1. The molecule has 1 atom stereocenters. The summed E-state index contributed by atoms with van der Waals surface area (Å²) in [7, 11) is 0. The van der Waals surface area contributed by atoms with Crippen molar-refractivity contribution in [2.45, 2.75) is 26.5 Å². The number of hydrogen-bond donors (Lipinski definition) is 1. The molecule has 0 saturated carbocycles. The Balaban J connectivity index is 1.98. The van der Waals surface area contributed by atoms with E-state index in [1.54, 1.807) is 4.68 Å². The van der Waals surface area contributed by atoms with Crippen LogP contribution in [0.2, 0.25) is 15.1 Å².